The van der Waals surface area contributed by atoms with Gasteiger partial charge >= 0.3 is 0 Å². The van der Waals surface area contributed by atoms with E-state index in [1.54, 1.807) is 0 Å². The Bertz CT molecular complexity index is 232. The van der Waals surface area contributed by atoms with Crippen molar-refractivity contribution in [1.29, 1.82) is 0 Å². The largest absolute Gasteiger partial charge is 0.286 e. The highest BCUT2D eigenvalue weighted by atomic mass is 14.9. The van der Waals surface area contributed by atoms with Gasteiger partial charge in [-0.1, -0.05) is 13.8 Å². The summed E-state index contributed by atoms with van der Waals surface area (Å²) in [4.78, 5) is 4.32. The minimum absolute atomic E-state index is 0.644. The van der Waals surface area contributed by atoms with Gasteiger partial charge in [0.25, 0.3) is 0 Å². The zero-order valence-corrected chi connectivity index (χ0v) is 8.66. The van der Waals surface area contributed by atoms with Gasteiger partial charge in [0.05, 0.1) is 6.04 Å². The molecule has 0 radical (unpaired) electrons. The SMILES string of the molecule is CC1(C)CC2CC(C3C=N3)CC2C1. The molecule has 0 N–H and O–H groups in total. The summed E-state index contributed by atoms with van der Waals surface area (Å²) in [6.07, 6.45) is 8.04. The van der Waals surface area contributed by atoms with Crippen LogP contribution in [0.25, 0.3) is 0 Å². The molecule has 1 nitrogen and oxygen atoms in total. The van der Waals surface area contributed by atoms with E-state index in [9.17, 15) is 0 Å². The van der Waals surface area contributed by atoms with Crippen LogP contribution in [-0.4, -0.2) is 12.3 Å². The Morgan fingerprint density at radius 1 is 1.08 bits per heavy atom. The molecule has 3 aliphatic rings. The molecule has 0 aromatic heterocycles. The summed E-state index contributed by atoms with van der Waals surface area (Å²) >= 11 is 0. The summed E-state index contributed by atoms with van der Waals surface area (Å²) in [6.45, 7) is 4.88. The first-order chi connectivity index (χ1) is 6.14. The molecule has 72 valence electrons. The van der Waals surface area contributed by atoms with Crippen molar-refractivity contribution in [3.63, 3.8) is 0 Å². The molecule has 2 aliphatic carbocycles. The quantitative estimate of drug-likeness (QED) is 0.584. The first kappa shape index (κ1) is 8.02. The molecule has 13 heavy (non-hydrogen) atoms. The number of aliphatic imine (C=N–C) groups is 1. The van der Waals surface area contributed by atoms with E-state index < -0.39 is 0 Å². The fourth-order valence-corrected chi connectivity index (χ4v) is 3.83. The Balaban J connectivity index is 1.66. The summed E-state index contributed by atoms with van der Waals surface area (Å²) in [5.74, 6) is 3.03. The molecule has 1 heteroatoms. The van der Waals surface area contributed by atoms with E-state index in [0.29, 0.717) is 11.5 Å². The fraction of sp³-hybridized carbons (Fsp3) is 0.917. The number of nitrogens with zero attached hydrogens (tertiary/aromatic N) is 1. The minimum Gasteiger partial charge on any atom is -0.286 e. The molecule has 0 aromatic carbocycles. The molecule has 3 rings (SSSR count). The standard InChI is InChI=1S/C12H19N/c1-12(2)5-9-3-8(11-7-13-11)4-10(9)6-12/h7-11H,3-6H2,1-2H3. The van der Waals surface area contributed by atoms with Crippen molar-refractivity contribution in [2.24, 2.45) is 28.2 Å². The zero-order valence-electron chi connectivity index (χ0n) is 8.66. The van der Waals surface area contributed by atoms with Crippen molar-refractivity contribution in [3.8, 4) is 0 Å². The predicted octanol–water partition coefficient (Wildman–Crippen LogP) is 2.90. The van der Waals surface area contributed by atoms with Crippen LogP contribution >= 0.6 is 0 Å². The lowest BCUT2D eigenvalue weighted by atomic mass is 9.86. The molecule has 1 aliphatic heterocycles. The topological polar surface area (TPSA) is 12.4 Å². The van der Waals surface area contributed by atoms with E-state index in [-0.39, 0.29) is 0 Å². The maximum Gasteiger partial charge on any atom is 0.0871 e. The fourth-order valence-electron chi connectivity index (χ4n) is 3.83. The lowest BCUT2D eigenvalue weighted by Gasteiger charge is -2.19. The molecule has 0 aromatic rings. The van der Waals surface area contributed by atoms with Crippen molar-refractivity contribution in [1.82, 2.24) is 0 Å². The van der Waals surface area contributed by atoms with E-state index in [2.05, 4.69) is 25.1 Å². The van der Waals surface area contributed by atoms with Crippen LogP contribution in [0, 0.1) is 23.2 Å². The van der Waals surface area contributed by atoms with Gasteiger partial charge in [-0.2, -0.15) is 0 Å². The van der Waals surface area contributed by atoms with Crippen molar-refractivity contribution in [2.75, 3.05) is 0 Å². The maximum atomic E-state index is 4.32. The van der Waals surface area contributed by atoms with Gasteiger partial charge in [-0.25, -0.2) is 0 Å². The lowest BCUT2D eigenvalue weighted by Crippen LogP contribution is -2.11. The molecule has 2 saturated carbocycles. The zero-order chi connectivity index (χ0) is 9.05. The first-order valence-corrected chi connectivity index (χ1v) is 5.67. The third-order valence-electron chi connectivity index (χ3n) is 4.31. The number of hydrogen-bond acceptors (Lipinski definition) is 1. The minimum atomic E-state index is 0.644. The van der Waals surface area contributed by atoms with Crippen molar-refractivity contribution in [3.05, 3.63) is 0 Å². The van der Waals surface area contributed by atoms with Crippen molar-refractivity contribution < 1.29 is 0 Å². The van der Waals surface area contributed by atoms with Crippen LogP contribution in [0.5, 0.6) is 0 Å². The van der Waals surface area contributed by atoms with E-state index in [1.165, 1.54) is 25.7 Å². The summed E-state index contributed by atoms with van der Waals surface area (Å²) in [6, 6.07) is 0.675. The molecule has 0 saturated heterocycles. The average Bonchev–Trinajstić information content (AvgIpc) is 2.71. The molecule has 3 unspecified atom stereocenters. The van der Waals surface area contributed by atoms with Gasteiger partial charge in [0, 0.05) is 6.21 Å². The second-order valence-corrected chi connectivity index (χ2v) is 6.11. The summed E-state index contributed by atoms with van der Waals surface area (Å²) in [7, 11) is 0. The van der Waals surface area contributed by atoms with Gasteiger partial charge in [0.1, 0.15) is 0 Å². The molecule has 3 atom stereocenters. The van der Waals surface area contributed by atoms with E-state index in [1.807, 2.05) is 0 Å². The van der Waals surface area contributed by atoms with Crippen LogP contribution in [0.15, 0.2) is 4.99 Å². The number of rotatable bonds is 1. The highest BCUT2D eigenvalue weighted by Crippen LogP contribution is 2.55. The van der Waals surface area contributed by atoms with Crippen LogP contribution < -0.4 is 0 Å². The Morgan fingerprint density at radius 2 is 1.62 bits per heavy atom. The van der Waals surface area contributed by atoms with Gasteiger partial charge in [-0.15, -0.1) is 0 Å². The average molecular weight is 177 g/mol. The van der Waals surface area contributed by atoms with E-state index in [0.717, 1.165) is 17.8 Å². The third-order valence-corrected chi connectivity index (χ3v) is 4.31. The Hall–Kier alpha value is -0.330. The molecular formula is C12H19N. The second kappa shape index (κ2) is 2.37. The van der Waals surface area contributed by atoms with Crippen molar-refractivity contribution >= 4 is 6.21 Å². The maximum absolute atomic E-state index is 4.32. The summed E-state index contributed by atoms with van der Waals surface area (Å²) < 4.78 is 0. The highest BCUT2D eigenvalue weighted by molar-refractivity contribution is 5.78. The van der Waals surface area contributed by atoms with Crippen molar-refractivity contribution in [2.45, 2.75) is 45.6 Å². The molecule has 0 spiro atoms. The Labute approximate surface area is 80.6 Å². The Kier molecular flexibility index (Phi) is 1.46. The van der Waals surface area contributed by atoms with Crippen LogP contribution in [0.2, 0.25) is 0 Å². The first-order valence-electron chi connectivity index (χ1n) is 5.67. The van der Waals surface area contributed by atoms with Gasteiger partial charge < -0.3 is 0 Å². The number of fused-ring (bicyclic) bond motifs is 1. The second-order valence-electron chi connectivity index (χ2n) is 6.11. The third kappa shape index (κ3) is 1.33. The molecule has 1 heterocycles. The number of hydrogen-bond donors (Lipinski definition) is 0. The van der Waals surface area contributed by atoms with Gasteiger partial charge in [-0.05, 0) is 48.9 Å². The van der Waals surface area contributed by atoms with Crippen LogP contribution in [-0.2, 0) is 0 Å². The van der Waals surface area contributed by atoms with Gasteiger partial charge in [0.2, 0.25) is 0 Å². The summed E-state index contributed by atoms with van der Waals surface area (Å²) in [5, 5.41) is 0. The van der Waals surface area contributed by atoms with Crippen LogP contribution in [0.3, 0.4) is 0 Å². The van der Waals surface area contributed by atoms with E-state index >= 15 is 0 Å². The van der Waals surface area contributed by atoms with Crippen LogP contribution in [0.4, 0.5) is 0 Å². The summed E-state index contributed by atoms with van der Waals surface area (Å²) in [5.41, 5.74) is 0.644. The molecule has 0 bridgehead atoms. The van der Waals surface area contributed by atoms with Gasteiger partial charge in [-0.3, -0.25) is 4.99 Å². The monoisotopic (exact) mass is 177 g/mol. The molecular weight excluding hydrogens is 158 g/mol. The smallest absolute Gasteiger partial charge is 0.0871 e. The van der Waals surface area contributed by atoms with E-state index in [4.69, 9.17) is 0 Å². The molecule has 0 amide bonds. The normalized spacial score (nSPS) is 50.9. The van der Waals surface area contributed by atoms with Gasteiger partial charge in [0.15, 0.2) is 0 Å². The lowest BCUT2D eigenvalue weighted by molar-refractivity contribution is 0.325. The predicted molar refractivity (Wildman–Crippen MR) is 55.0 cm³/mol. The molecule has 2 fully saturated rings. The van der Waals surface area contributed by atoms with Crippen LogP contribution in [0.1, 0.15) is 39.5 Å². The Morgan fingerprint density at radius 3 is 2.08 bits per heavy atom. The highest BCUT2D eigenvalue weighted by Gasteiger charge is 2.47.